The minimum absolute atomic E-state index is 0.0249. The highest BCUT2D eigenvalue weighted by Crippen LogP contribution is 2.27. The third-order valence-corrected chi connectivity index (χ3v) is 5.10. The Labute approximate surface area is 146 Å². The molecule has 3 heterocycles. The van der Waals surface area contributed by atoms with Gasteiger partial charge < -0.3 is 15.1 Å². The van der Waals surface area contributed by atoms with Gasteiger partial charge in [-0.2, -0.15) is 0 Å². The summed E-state index contributed by atoms with van der Waals surface area (Å²) in [6.45, 7) is 0. The number of nitrogens with one attached hydrogen (secondary N) is 2. The first kappa shape index (κ1) is 16.3. The Balaban J connectivity index is 1.30. The molecule has 0 spiro atoms. The second-order valence-electron chi connectivity index (χ2n) is 6.97. The van der Waals surface area contributed by atoms with Gasteiger partial charge in [0.1, 0.15) is 5.82 Å². The van der Waals surface area contributed by atoms with Crippen molar-refractivity contribution in [1.82, 2.24) is 15.6 Å². The number of hydrogen-bond donors (Lipinski definition) is 2. The number of carbonyl (C=O) groups is 1. The molecule has 2 atom stereocenters. The minimum Gasteiger partial charge on any atom is -0.441 e. The fraction of sp³-hybridized carbons (Fsp3) is 0.474. The molecule has 0 aliphatic carbocycles. The van der Waals surface area contributed by atoms with Gasteiger partial charge in [0.05, 0.1) is 11.8 Å². The fourth-order valence-electron chi connectivity index (χ4n) is 3.91. The average Bonchev–Trinajstić information content (AvgIpc) is 3.20. The average molecular weight is 343 g/mol. The summed E-state index contributed by atoms with van der Waals surface area (Å²) in [5.74, 6) is 0.530. The number of aromatic nitrogens is 1. The van der Waals surface area contributed by atoms with E-state index in [4.69, 9.17) is 4.42 Å². The number of nitrogens with zero attached hydrogens (tertiary/aromatic N) is 1. The van der Waals surface area contributed by atoms with Crippen LogP contribution in [0.4, 0.5) is 4.39 Å². The summed E-state index contributed by atoms with van der Waals surface area (Å²) in [5.41, 5.74) is 0.385. The first-order valence-electron chi connectivity index (χ1n) is 8.92. The van der Waals surface area contributed by atoms with Gasteiger partial charge in [0, 0.05) is 31.0 Å². The molecule has 2 aliphatic heterocycles. The van der Waals surface area contributed by atoms with Gasteiger partial charge in [0.2, 0.25) is 5.91 Å². The van der Waals surface area contributed by atoms with Crippen LogP contribution in [0.25, 0.3) is 11.3 Å². The van der Waals surface area contributed by atoms with Crippen LogP contribution in [-0.4, -0.2) is 29.0 Å². The molecule has 25 heavy (non-hydrogen) atoms. The Kier molecular flexibility index (Phi) is 4.53. The van der Waals surface area contributed by atoms with Crippen LogP contribution in [-0.2, 0) is 11.2 Å². The molecule has 6 heteroatoms. The predicted molar refractivity (Wildman–Crippen MR) is 91.3 cm³/mol. The van der Waals surface area contributed by atoms with E-state index in [2.05, 4.69) is 15.6 Å². The number of aryl methyl sites for hydroxylation is 1. The summed E-state index contributed by atoms with van der Waals surface area (Å²) in [7, 11) is 0. The van der Waals surface area contributed by atoms with Crippen LogP contribution in [0.15, 0.2) is 34.9 Å². The lowest BCUT2D eigenvalue weighted by atomic mass is 9.99. The molecule has 2 bridgehead atoms. The number of oxazole rings is 1. The molecule has 1 aromatic carbocycles. The molecule has 1 aromatic heterocycles. The Hall–Kier alpha value is -2.21. The minimum atomic E-state index is -0.344. The molecular formula is C19H22FN3O2. The smallest absolute Gasteiger partial charge is 0.220 e. The highest BCUT2D eigenvalue weighted by atomic mass is 19.1. The van der Waals surface area contributed by atoms with Crippen LogP contribution in [0.1, 0.15) is 38.0 Å². The number of piperidine rings is 1. The maximum absolute atomic E-state index is 13.8. The van der Waals surface area contributed by atoms with E-state index in [9.17, 15) is 9.18 Å². The van der Waals surface area contributed by atoms with Gasteiger partial charge in [-0.15, -0.1) is 0 Å². The zero-order valence-electron chi connectivity index (χ0n) is 14.0. The van der Waals surface area contributed by atoms with Crippen molar-refractivity contribution in [1.29, 1.82) is 0 Å². The zero-order chi connectivity index (χ0) is 17.2. The van der Waals surface area contributed by atoms with Crippen molar-refractivity contribution in [2.75, 3.05) is 0 Å². The van der Waals surface area contributed by atoms with Gasteiger partial charge >= 0.3 is 0 Å². The van der Waals surface area contributed by atoms with Crippen molar-refractivity contribution in [3.8, 4) is 11.3 Å². The summed E-state index contributed by atoms with van der Waals surface area (Å²) in [4.78, 5) is 16.4. The zero-order valence-corrected chi connectivity index (χ0v) is 14.0. The third kappa shape index (κ3) is 3.74. The lowest BCUT2D eigenvalue weighted by Gasteiger charge is -2.29. The van der Waals surface area contributed by atoms with Gasteiger partial charge in [-0.05, 0) is 37.8 Å². The van der Waals surface area contributed by atoms with Gasteiger partial charge in [-0.25, -0.2) is 9.37 Å². The number of fused-ring (bicyclic) bond motifs is 2. The van der Waals surface area contributed by atoms with Crippen LogP contribution in [0.2, 0.25) is 0 Å². The normalized spacial score (nSPS) is 25.1. The van der Waals surface area contributed by atoms with Crippen molar-refractivity contribution < 1.29 is 13.6 Å². The lowest BCUT2D eigenvalue weighted by Crippen LogP contribution is -2.48. The molecule has 0 radical (unpaired) electrons. The van der Waals surface area contributed by atoms with Crippen LogP contribution >= 0.6 is 0 Å². The largest absolute Gasteiger partial charge is 0.441 e. The Morgan fingerprint density at radius 3 is 2.80 bits per heavy atom. The van der Waals surface area contributed by atoms with Gasteiger partial charge in [-0.3, -0.25) is 4.79 Å². The Morgan fingerprint density at radius 2 is 2.04 bits per heavy atom. The molecule has 0 saturated carbocycles. The van der Waals surface area contributed by atoms with Crippen molar-refractivity contribution >= 4 is 5.91 Å². The summed E-state index contributed by atoms with van der Waals surface area (Å²) in [5, 5.41) is 6.70. The topological polar surface area (TPSA) is 67.2 Å². The highest BCUT2D eigenvalue weighted by Gasteiger charge is 2.33. The van der Waals surface area contributed by atoms with Crippen LogP contribution < -0.4 is 10.6 Å². The number of carbonyl (C=O) groups excluding carboxylic acids is 1. The van der Waals surface area contributed by atoms with Crippen LogP contribution in [0, 0.1) is 5.82 Å². The molecule has 1 amide bonds. The monoisotopic (exact) mass is 343 g/mol. The predicted octanol–water partition coefficient (Wildman–Crippen LogP) is 2.81. The molecule has 2 fully saturated rings. The molecule has 2 saturated heterocycles. The first-order chi connectivity index (χ1) is 12.2. The molecule has 4 rings (SSSR count). The number of benzene rings is 1. The van der Waals surface area contributed by atoms with E-state index < -0.39 is 0 Å². The SMILES string of the molecule is O=C(CCc1ncc(-c2ccccc2F)o1)NC1CC2CCC(C1)N2. The maximum atomic E-state index is 13.8. The van der Waals surface area contributed by atoms with E-state index in [0.717, 1.165) is 12.8 Å². The maximum Gasteiger partial charge on any atom is 0.220 e. The van der Waals surface area contributed by atoms with E-state index >= 15 is 0 Å². The van der Waals surface area contributed by atoms with E-state index in [-0.39, 0.29) is 17.8 Å². The Morgan fingerprint density at radius 1 is 1.28 bits per heavy atom. The standard InChI is InChI=1S/C19H22FN3O2/c20-16-4-2-1-3-15(16)17-11-21-19(25-17)8-7-18(24)23-14-9-12-5-6-13(10-14)22-12/h1-4,11-14,22H,5-10H2,(H,23,24). The summed E-state index contributed by atoms with van der Waals surface area (Å²) >= 11 is 0. The third-order valence-electron chi connectivity index (χ3n) is 5.10. The molecule has 2 aromatic rings. The molecule has 2 aliphatic rings. The van der Waals surface area contributed by atoms with Crippen LogP contribution in [0.5, 0.6) is 0 Å². The van der Waals surface area contributed by atoms with E-state index in [1.54, 1.807) is 18.2 Å². The molecular weight excluding hydrogens is 321 g/mol. The van der Waals surface area contributed by atoms with Crippen molar-refractivity contribution in [2.45, 2.75) is 56.7 Å². The molecule has 5 nitrogen and oxygen atoms in total. The Bertz CT molecular complexity index is 749. The van der Waals surface area contributed by atoms with Crippen molar-refractivity contribution in [3.05, 3.63) is 42.2 Å². The van der Waals surface area contributed by atoms with Gasteiger partial charge in [0.15, 0.2) is 11.7 Å². The summed E-state index contributed by atoms with van der Waals surface area (Å²) in [6, 6.07) is 7.80. The fourth-order valence-corrected chi connectivity index (χ4v) is 3.91. The quantitative estimate of drug-likeness (QED) is 0.876. The van der Waals surface area contributed by atoms with E-state index in [1.165, 1.54) is 25.1 Å². The number of rotatable bonds is 5. The number of amides is 1. The van der Waals surface area contributed by atoms with E-state index in [0.29, 0.717) is 42.1 Å². The molecule has 132 valence electrons. The second kappa shape index (κ2) is 6.96. The number of hydrogen-bond acceptors (Lipinski definition) is 4. The van der Waals surface area contributed by atoms with Crippen molar-refractivity contribution in [3.63, 3.8) is 0 Å². The van der Waals surface area contributed by atoms with Gasteiger partial charge in [-0.1, -0.05) is 12.1 Å². The molecule has 2 N–H and O–H groups in total. The highest BCUT2D eigenvalue weighted by molar-refractivity contribution is 5.76. The lowest BCUT2D eigenvalue weighted by molar-refractivity contribution is -0.122. The first-order valence-corrected chi connectivity index (χ1v) is 8.92. The van der Waals surface area contributed by atoms with Gasteiger partial charge in [0.25, 0.3) is 0 Å². The number of halogens is 1. The van der Waals surface area contributed by atoms with Crippen LogP contribution in [0.3, 0.4) is 0 Å². The van der Waals surface area contributed by atoms with E-state index in [1.807, 2.05) is 0 Å². The van der Waals surface area contributed by atoms with Crippen molar-refractivity contribution in [2.24, 2.45) is 0 Å². The second-order valence-corrected chi connectivity index (χ2v) is 6.97. The summed E-state index contributed by atoms with van der Waals surface area (Å²) in [6.07, 6.45) is 6.71. The molecule has 2 unspecified atom stereocenters. The summed E-state index contributed by atoms with van der Waals surface area (Å²) < 4.78 is 19.4.